The van der Waals surface area contributed by atoms with Gasteiger partial charge in [0.2, 0.25) is 11.8 Å². The third-order valence-electron chi connectivity index (χ3n) is 4.39. The molecule has 0 spiro atoms. The van der Waals surface area contributed by atoms with E-state index >= 15 is 0 Å². The molecule has 0 saturated carbocycles. The molecule has 2 amide bonds. The van der Waals surface area contributed by atoms with Crippen molar-refractivity contribution in [2.45, 2.75) is 39.7 Å². The standard InChI is InChI=1S/C19H26N2O4/c1-19(2,3)18(25)21-11-7-10-14(12-21)16(22)20-15(17(23)24)13-8-5-4-6-9-13/h4-6,8-9,14-15H,7,10-12H2,1-3H3,(H,20,22)(H,23,24). The van der Waals surface area contributed by atoms with Crippen molar-refractivity contribution in [2.75, 3.05) is 13.1 Å². The zero-order valence-electron chi connectivity index (χ0n) is 15.0. The van der Waals surface area contributed by atoms with E-state index in [1.54, 1.807) is 35.2 Å². The van der Waals surface area contributed by atoms with Crippen LogP contribution in [0, 0.1) is 11.3 Å². The maximum absolute atomic E-state index is 12.6. The van der Waals surface area contributed by atoms with Crippen LogP contribution in [-0.4, -0.2) is 40.9 Å². The number of benzene rings is 1. The monoisotopic (exact) mass is 346 g/mol. The molecule has 136 valence electrons. The first-order valence-electron chi connectivity index (χ1n) is 8.57. The molecule has 1 heterocycles. The summed E-state index contributed by atoms with van der Waals surface area (Å²) >= 11 is 0. The van der Waals surface area contributed by atoms with E-state index in [2.05, 4.69) is 5.32 Å². The highest BCUT2D eigenvalue weighted by atomic mass is 16.4. The Hall–Kier alpha value is -2.37. The van der Waals surface area contributed by atoms with Crippen LogP contribution in [0.3, 0.4) is 0 Å². The summed E-state index contributed by atoms with van der Waals surface area (Å²) in [4.78, 5) is 38.3. The van der Waals surface area contributed by atoms with E-state index in [0.29, 0.717) is 25.1 Å². The van der Waals surface area contributed by atoms with Gasteiger partial charge in [0.25, 0.3) is 0 Å². The van der Waals surface area contributed by atoms with Crippen molar-refractivity contribution in [3.63, 3.8) is 0 Å². The molecule has 0 radical (unpaired) electrons. The molecule has 2 rings (SSSR count). The second-order valence-electron chi connectivity index (χ2n) is 7.53. The summed E-state index contributed by atoms with van der Waals surface area (Å²) in [7, 11) is 0. The lowest BCUT2D eigenvalue weighted by molar-refractivity contribution is -0.145. The van der Waals surface area contributed by atoms with Gasteiger partial charge in [-0.3, -0.25) is 9.59 Å². The van der Waals surface area contributed by atoms with E-state index < -0.39 is 17.4 Å². The molecule has 2 unspecified atom stereocenters. The minimum atomic E-state index is -1.10. The Morgan fingerprint density at radius 1 is 1.20 bits per heavy atom. The molecular formula is C19H26N2O4. The molecule has 25 heavy (non-hydrogen) atoms. The molecule has 2 N–H and O–H groups in total. The first-order chi connectivity index (χ1) is 11.7. The van der Waals surface area contributed by atoms with Gasteiger partial charge in [-0.25, -0.2) is 4.79 Å². The fourth-order valence-corrected chi connectivity index (χ4v) is 3.04. The first kappa shape index (κ1) is 19.0. The number of nitrogens with one attached hydrogen (secondary N) is 1. The Balaban J connectivity index is 2.06. The summed E-state index contributed by atoms with van der Waals surface area (Å²) in [6, 6.07) is 7.54. The third kappa shape index (κ3) is 4.81. The number of piperidine rings is 1. The van der Waals surface area contributed by atoms with Crippen LogP contribution in [0.1, 0.15) is 45.2 Å². The molecule has 1 aromatic carbocycles. The molecule has 0 aliphatic carbocycles. The van der Waals surface area contributed by atoms with Crippen LogP contribution < -0.4 is 5.32 Å². The molecule has 1 aromatic rings. The first-order valence-corrected chi connectivity index (χ1v) is 8.57. The maximum Gasteiger partial charge on any atom is 0.330 e. The van der Waals surface area contributed by atoms with Gasteiger partial charge in [-0.2, -0.15) is 0 Å². The Morgan fingerprint density at radius 3 is 2.40 bits per heavy atom. The molecule has 1 aliphatic heterocycles. The largest absolute Gasteiger partial charge is 0.479 e. The molecule has 6 heteroatoms. The van der Waals surface area contributed by atoms with Crippen LogP contribution in [0.5, 0.6) is 0 Å². The number of aliphatic carboxylic acids is 1. The van der Waals surface area contributed by atoms with Crippen molar-refractivity contribution >= 4 is 17.8 Å². The van der Waals surface area contributed by atoms with Crippen molar-refractivity contribution in [1.82, 2.24) is 10.2 Å². The van der Waals surface area contributed by atoms with E-state index in [0.717, 1.165) is 6.42 Å². The third-order valence-corrected chi connectivity index (χ3v) is 4.39. The lowest BCUT2D eigenvalue weighted by Gasteiger charge is -2.36. The number of carboxylic acid groups (broad SMARTS) is 1. The van der Waals surface area contributed by atoms with Gasteiger partial charge in [0.1, 0.15) is 0 Å². The molecule has 1 aliphatic rings. The van der Waals surface area contributed by atoms with Crippen LogP contribution in [0.4, 0.5) is 0 Å². The van der Waals surface area contributed by atoms with E-state index in [1.807, 2.05) is 20.8 Å². The quantitative estimate of drug-likeness (QED) is 0.875. The van der Waals surface area contributed by atoms with Gasteiger partial charge in [0, 0.05) is 18.5 Å². The van der Waals surface area contributed by atoms with E-state index in [-0.39, 0.29) is 17.7 Å². The van der Waals surface area contributed by atoms with E-state index in [1.165, 1.54) is 0 Å². The lowest BCUT2D eigenvalue weighted by Crippen LogP contribution is -2.49. The van der Waals surface area contributed by atoms with Gasteiger partial charge in [0.05, 0.1) is 5.92 Å². The van der Waals surface area contributed by atoms with Crippen molar-refractivity contribution in [1.29, 1.82) is 0 Å². The van der Waals surface area contributed by atoms with Gasteiger partial charge in [-0.1, -0.05) is 51.1 Å². The average molecular weight is 346 g/mol. The number of carboxylic acids is 1. The predicted octanol–water partition coefficient (Wildman–Crippen LogP) is 2.21. The van der Waals surface area contributed by atoms with Gasteiger partial charge in [-0.15, -0.1) is 0 Å². The fourth-order valence-electron chi connectivity index (χ4n) is 3.04. The molecule has 1 fully saturated rings. The van der Waals surface area contributed by atoms with Gasteiger partial charge >= 0.3 is 5.97 Å². The number of amides is 2. The second kappa shape index (κ2) is 7.68. The van der Waals surface area contributed by atoms with E-state index in [9.17, 15) is 19.5 Å². The zero-order chi connectivity index (χ0) is 18.6. The van der Waals surface area contributed by atoms with Crippen molar-refractivity contribution < 1.29 is 19.5 Å². The summed E-state index contributed by atoms with van der Waals surface area (Å²) in [5, 5.41) is 12.1. The second-order valence-corrected chi connectivity index (χ2v) is 7.53. The smallest absolute Gasteiger partial charge is 0.330 e. The molecule has 0 aromatic heterocycles. The zero-order valence-corrected chi connectivity index (χ0v) is 15.0. The highest BCUT2D eigenvalue weighted by Crippen LogP contribution is 2.24. The van der Waals surface area contributed by atoms with Gasteiger partial charge in [0.15, 0.2) is 6.04 Å². The van der Waals surface area contributed by atoms with Crippen molar-refractivity contribution in [2.24, 2.45) is 11.3 Å². The van der Waals surface area contributed by atoms with Crippen molar-refractivity contribution in [3.8, 4) is 0 Å². The minimum absolute atomic E-state index is 0.0165. The fraction of sp³-hybridized carbons (Fsp3) is 0.526. The summed E-state index contributed by atoms with van der Waals surface area (Å²) in [6.45, 7) is 6.54. The molecule has 6 nitrogen and oxygen atoms in total. The highest BCUT2D eigenvalue weighted by Gasteiger charge is 2.34. The lowest BCUT2D eigenvalue weighted by atomic mass is 9.90. The minimum Gasteiger partial charge on any atom is -0.479 e. The van der Waals surface area contributed by atoms with Gasteiger partial charge in [-0.05, 0) is 18.4 Å². The predicted molar refractivity (Wildman–Crippen MR) is 93.7 cm³/mol. The number of hydrogen-bond acceptors (Lipinski definition) is 3. The summed E-state index contributed by atoms with van der Waals surface area (Å²) < 4.78 is 0. The Kier molecular flexibility index (Phi) is 5.82. The molecule has 2 atom stereocenters. The average Bonchev–Trinajstić information content (AvgIpc) is 2.58. The normalized spacial score (nSPS) is 19.2. The number of likely N-dealkylation sites (tertiary alicyclic amines) is 1. The van der Waals surface area contributed by atoms with Crippen LogP contribution >= 0.6 is 0 Å². The summed E-state index contributed by atoms with van der Waals surface area (Å²) in [5.74, 6) is -1.78. The summed E-state index contributed by atoms with van der Waals surface area (Å²) in [5.41, 5.74) is 0.0354. The number of rotatable bonds is 4. The summed E-state index contributed by atoms with van der Waals surface area (Å²) in [6.07, 6.45) is 1.39. The Labute approximate surface area is 148 Å². The number of carbonyl (C=O) groups excluding carboxylic acids is 2. The van der Waals surface area contributed by atoms with Crippen LogP contribution in [0.15, 0.2) is 30.3 Å². The topological polar surface area (TPSA) is 86.7 Å². The highest BCUT2D eigenvalue weighted by molar-refractivity contribution is 5.87. The molecule has 1 saturated heterocycles. The Bertz CT molecular complexity index is 637. The van der Waals surface area contributed by atoms with Crippen LogP contribution in [-0.2, 0) is 14.4 Å². The number of nitrogens with zero attached hydrogens (tertiary/aromatic N) is 1. The Morgan fingerprint density at radius 2 is 1.84 bits per heavy atom. The van der Waals surface area contributed by atoms with Crippen LogP contribution in [0.25, 0.3) is 0 Å². The van der Waals surface area contributed by atoms with Crippen molar-refractivity contribution in [3.05, 3.63) is 35.9 Å². The number of carbonyl (C=O) groups is 3. The van der Waals surface area contributed by atoms with E-state index in [4.69, 9.17) is 0 Å². The maximum atomic E-state index is 12.6. The van der Waals surface area contributed by atoms with Gasteiger partial charge < -0.3 is 15.3 Å². The molecule has 0 bridgehead atoms. The molecular weight excluding hydrogens is 320 g/mol. The van der Waals surface area contributed by atoms with Crippen LogP contribution in [0.2, 0.25) is 0 Å². The SMILES string of the molecule is CC(C)(C)C(=O)N1CCCC(C(=O)NC(C(=O)O)c2ccccc2)C1. The number of hydrogen-bond donors (Lipinski definition) is 2.